The number of aromatic nitrogens is 3. The molecule has 0 radical (unpaired) electrons. The normalized spacial score (nSPS) is 17.9. The average Bonchev–Trinajstić information content (AvgIpc) is 3.17. The summed E-state index contributed by atoms with van der Waals surface area (Å²) in [5.41, 5.74) is 6.36. The first-order valence-electron chi connectivity index (χ1n) is 6.75. The van der Waals surface area contributed by atoms with E-state index in [1.54, 1.807) is 6.20 Å². The van der Waals surface area contributed by atoms with Crippen LogP contribution in [-0.2, 0) is 4.79 Å². The number of hydrogen-bond donors (Lipinski definition) is 1. The molecule has 0 bridgehead atoms. The number of nitrogens with zero attached hydrogens (tertiary/aromatic N) is 4. The minimum Gasteiger partial charge on any atom is -0.368 e. The van der Waals surface area contributed by atoms with Gasteiger partial charge in [-0.25, -0.2) is 4.68 Å². The second-order valence-corrected chi connectivity index (χ2v) is 4.94. The Morgan fingerprint density at radius 1 is 1.24 bits per heavy atom. The van der Waals surface area contributed by atoms with Crippen LogP contribution in [0.3, 0.4) is 0 Å². The first kappa shape index (κ1) is 13.3. The van der Waals surface area contributed by atoms with Gasteiger partial charge in [-0.3, -0.25) is 9.59 Å². The molecule has 1 aromatic carbocycles. The lowest BCUT2D eigenvalue weighted by atomic mass is 10.2. The van der Waals surface area contributed by atoms with Crippen molar-refractivity contribution < 1.29 is 9.59 Å². The number of carbonyl (C=O) groups is 2. The van der Waals surface area contributed by atoms with Gasteiger partial charge in [0, 0.05) is 6.54 Å². The Morgan fingerprint density at radius 3 is 2.71 bits per heavy atom. The lowest BCUT2D eigenvalue weighted by Gasteiger charge is -2.20. The van der Waals surface area contributed by atoms with Gasteiger partial charge in [0.2, 0.25) is 5.91 Å². The van der Waals surface area contributed by atoms with E-state index >= 15 is 0 Å². The van der Waals surface area contributed by atoms with Crippen molar-refractivity contribution >= 4 is 11.8 Å². The molecule has 3 rings (SSSR count). The zero-order valence-corrected chi connectivity index (χ0v) is 11.3. The van der Waals surface area contributed by atoms with Gasteiger partial charge in [-0.2, -0.15) is 0 Å². The number of amides is 2. The quantitative estimate of drug-likeness (QED) is 0.880. The van der Waals surface area contributed by atoms with Crippen molar-refractivity contribution in [1.82, 2.24) is 19.9 Å². The molecule has 0 aliphatic carbocycles. The van der Waals surface area contributed by atoms with Gasteiger partial charge in [-0.15, -0.1) is 5.10 Å². The molecular formula is C14H15N5O2. The maximum atomic E-state index is 12.4. The number of hydrogen-bond acceptors (Lipinski definition) is 4. The number of para-hydroxylation sites is 1. The zero-order chi connectivity index (χ0) is 14.8. The van der Waals surface area contributed by atoms with E-state index in [9.17, 15) is 9.59 Å². The highest BCUT2D eigenvalue weighted by molar-refractivity contribution is 5.96. The SMILES string of the molecule is NC(=O)[C@@H]1CCCN1C(=O)c1cn(-c2ccccc2)nn1. The lowest BCUT2D eigenvalue weighted by Crippen LogP contribution is -2.43. The average molecular weight is 285 g/mol. The number of rotatable bonds is 3. The summed E-state index contributed by atoms with van der Waals surface area (Å²) in [6, 6.07) is 8.84. The van der Waals surface area contributed by atoms with E-state index in [0.717, 1.165) is 12.1 Å². The Hall–Kier alpha value is -2.70. The second-order valence-electron chi connectivity index (χ2n) is 4.94. The molecule has 1 aromatic heterocycles. The summed E-state index contributed by atoms with van der Waals surface area (Å²) in [5, 5.41) is 7.85. The maximum absolute atomic E-state index is 12.4. The highest BCUT2D eigenvalue weighted by Crippen LogP contribution is 2.19. The highest BCUT2D eigenvalue weighted by Gasteiger charge is 2.34. The summed E-state index contributed by atoms with van der Waals surface area (Å²) < 4.78 is 1.53. The van der Waals surface area contributed by atoms with Gasteiger partial charge in [0.1, 0.15) is 6.04 Å². The van der Waals surface area contributed by atoms with E-state index in [0.29, 0.717) is 13.0 Å². The fourth-order valence-electron chi connectivity index (χ4n) is 2.52. The van der Waals surface area contributed by atoms with Gasteiger partial charge >= 0.3 is 0 Å². The Bertz CT molecular complexity index is 667. The van der Waals surface area contributed by atoms with Crippen molar-refractivity contribution in [3.63, 3.8) is 0 Å². The molecule has 7 heteroatoms. The highest BCUT2D eigenvalue weighted by atomic mass is 16.2. The Kier molecular flexibility index (Phi) is 3.39. The standard InChI is InChI=1S/C14H15N5O2/c15-13(20)12-7-4-8-18(12)14(21)11-9-19(17-16-11)10-5-2-1-3-6-10/h1-3,5-6,9,12H,4,7-8H2,(H2,15,20)/t12-/m0/s1. The van der Waals surface area contributed by atoms with Crippen LogP contribution in [0.2, 0.25) is 0 Å². The summed E-state index contributed by atoms with van der Waals surface area (Å²) in [7, 11) is 0. The van der Waals surface area contributed by atoms with Gasteiger partial charge in [0.15, 0.2) is 5.69 Å². The molecule has 21 heavy (non-hydrogen) atoms. The topological polar surface area (TPSA) is 94.1 Å². The minimum absolute atomic E-state index is 0.215. The van der Waals surface area contributed by atoms with Gasteiger partial charge in [-0.05, 0) is 25.0 Å². The van der Waals surface area contributed by atoms with Gasteiger partial charge in [0.25, 0.3) is 5.91 Å². The number of nitrogens with two attached hydrogens (primary N) is 1. The molecule has 2 aromatic rings. The van der Waals surface area contributed by atoms with Crippen LogP contribution in [-0.4, -0.2) is 44.3 Å². The number of likely N-dealkylation sites (tertiary alicyclic amines) is 1. The zero-order valence-electron chi connectivity index (χ0n) is 11.3. The molecule has 7 nitrogen and oxygen atoms in total. The summed E-state index contributed by atoms with van der Waals surface area (Å²) in [5.74, 6) is -0.783. The Labute approximate surface area is 121 Å². The fraction of sp³-hybridized carbons (Fsp3) is 0.286. The second kappa shape index (κ2) is 5.35. The molecule has 2 N–H and O–H groups in total. The monoisotopic (exact) mass is 285 g/mol. The van der Waals surface area contributed by atoms with Crippen LogP contribution >= 0.6 is 0 Å². The molecule has 1 atom stereocenters. The Morgan fingerprint density at radius 2 is 2.00 bits per heavy atom. The first-order chi connectivity index (χ1) is 10.2. The molecule has 1 fully saturated rings. The third-order valence-corrected chi connectivity index (χ3v) is 3.58. The van der Waals surface area contributed by atoms with E-state index in [2.05, 4.69) is 10.3 Å². The van der Waals surface area contributed by atoms with Crippen LogP contribution in [0.5, 0.6) is 0 Å². The molecule has 2 amide bonds. The maximum Gasteiger partial charge on any atom is 0.276 e. The van der Waals surface area contributed by atoms with Crippen molar-refractivity contribution in [3.05, 3.63) is 42.2 Å². The predicted octanol–water partition coefficient (Wildman–Crippen LogP) is 0.357. The molecule has 0 unspecified atom stereocenters. The molecule has 1 aliphatic rings. The lowest BCUT2D eigenvalue weighted by molar-refractivity contribution is -0.121. The summed E-state index contributed by atoms with van der Waals surface area (Å²) in [4.78, 5) is 25.2. The van der Waals surface area contributed by atoms with Crippen LogP contribution in [0.1, 0.15) is 23.3 Å². The van der Waals surface area contributed by atoms with E-state index in [-0.39, 0.29) is 11.6 Å². The number of benzene rings is 1. The summed E-state index contributed by atoms with van der Waals surface area (Å²) >= 11 is 0. The van der Waals surface area contributed by atoms with E-state index < -0.39 is 11.9 Å². The van der Waals surface area contributed by atoms with E-state index in [1.165, 1.54) is 9.58 Å². The molecule has 108 valence electrons. The summed E-state index contributed by atoms with van der Waals surface area (Å²) in [6.07, 6.45) is 2.94. The number of primary amides is 1. The third-order valence-electron chi connectivity index (χ3n) is 3.58. The molecular weight excluding hydrogens is 270 g/mol. The van der Waals surface area contributed by atoms with Crippen molar-refractivity contribution in [2.75, 3.05) is 6.54 Å². The van der Waals surface area contributed by atoms with Crippen molar-refractivity contribution in [2.24, 2.45) is 5.73 Å². The fourth-order valence-corrected chi connectivity index (χ4v) is 2.52. The molecule has 1 saturated heterocycles. The van der Waals surface area contributed by atoms with E-state index in [1.807, 2.05) is 30.3 Å². The molecule has 0 saturated carbocycles. The third kappa shape index (κ3) is 2.49. The molecule has 0 spiro atoms. The van der Waals surface area contributed by atoms with Crippen LogP contribution < -0.4 is 5.73 Å². The van der Waals surface area contributed by atoms with Crippen LogP contribution in [0.4, 0.5) is 0 Å². The van der Waals surface area contributed by atoms with Crippen LogP contribution in [0.25, 0.3) is 5.69 Å². The van der Waals surface area contributed by atoms with E-state index in [4.69, 9.17) is 5.73 Å². The van der Waals surface area contributed by atoms with Gasteiger partial charge < -0.3 is 10.6 Å². The van der Waals surface area contributed by atoms with Crippen molar-refractivity contribution in [1.29, 1.82) is 0 Å². The van der Waals surface area contributed by atoms with Crippen molar-refractivity contribution in [2.45, 2.75) is 18.9 Å². The minimum atomic E-state index is -0.542. The Balaban J connectivity index is 1.83. The molecule has 2 heterocycles. The van der Waals surface area contributed by atoms with Crippen LogP contribution in [0.15, 0.2) is 36.5 Å². The van der Waals surface area contributed by atoms with Gasteiger partial charge in [-0.1, -0.05) is 23.4 Å². The smallest absolute Gasteiger partial charge is 0.276 e. The van der Waals surface area contributed by atoms with Crippen molar-refractivity contribution in [3.8, 4) is 5.69 Å². The first-order valence-corrected chi connectivity index (χ1v) is 6.75. The predicted molar refractivity (Wildman–Crippen MR) is 74.6 cm³/mol. The van der Waals surface area contributed by atoms with Gasteiger partial charge in [0.05, 0.1) is 11.9 Å². The number of carbonyl (C=O) groups excluding carboxylic acids is 2. The van der Waals surface area contributed by atoms with Crippen LogP contribution in [0, 0.1) is 0 Å². The summed E-state index contributed by atoms with van der Waals surface area (Å²) in [6.45, 7) is 0.518. The molecule has 1 aliphatic heterocycles. The largest absolute Gasteiger partial charge is 0.368 e.